The van der Waals surface area contributed by atoms with Crippen molar-refractivity contribution in [2.45, 2.75) is 50.3 Å². The number of aromatic carboxylic acids is 1. The zero-order valence-electron chi connectivity index (χ0n) is 23.2. The lowest BCUT2D eigenvalue weighted by molar-refractivity contribution is 0.0557. The van der Waals surface area contributed by atoms with Gasteiger partial charge in [-0.1, -0.05) is 79.2 Å². The van der Waals surface area contributed by atoms with Gasteiger partial charge >= 0.3 is 19.2 Å². The Morgan fingerprint density at radius 3 is 2.19 bits per heavy atom. The van der Waals surface area contributed by atoms with E-state index in [4.69, 9.17) is 14.8 Å². The molecule has 42 heavy (non-hydrogen) atoms. The van der Waals surface area contributed by atoms with E-state index in [0.717, 1.165) is 45.8 Å². The average Bonchev–Trinajstić information content (AvgIpc) is 2.91. The molecule has 0 saturated heterocycles. The highest BCUT2D eigenvalue weighted by Crippen LogP contribution is 2.60. The molecule has 1 atom stereocenters. The number of hydrogen-bond acceptors (Lipinski definition) is 4. The van der Waals surface area contributed by atoms with Crippen molar-refractivity contribution in [1.82, 2.24) is 4.98 Å². The number of nitrogens with zero attached hydrogens (tertiary/aromatic N) is 1. The van der Waals surface area contributed by atoms with Gasteiger partial charge in [0.2, 0.25) is 0 Å². The van der Waals surface area contributed by atoms with Gasteiger partial charge in [-0.05, 0) is 64.8 Å². The number of thioether (sulfide) groups is 1. The summed E-state index contributed by atoms with van der Waals surface area (Å²) in [6.45, 7) is 6.41. The first kappa shape index (κ1) is 32.3. The third kappa shape index (κ3) is 7.29. The lowest BCUT2D eigenvalue weighted by Gasteiger charge is -2.19. The molecule has 1 heterocycles. The molecule has 0 amide bonds. The molecule has 11 heteroatoms. The van der Waals surface area contributed by atoms with Crippen LogP contribution in [0.2, 0.25) is 0 Å². The number of fused-ring (bicyclic) bond motifs is 1. The first-order chi connectivity index (χ1) is 19.7. The summed E-state index contributed by atoms with van der Waals surface area (Å²) in [6.07, 6.45) is 0.964. The summed E-state index contributed by atoms with van der Waals surface area (Å²) in [6, 6.07) is 19.2. The molecule has 4 aromatic rings. The molecule has 3 N–H and O–H groups in total. The van der Waals surface area contributed by atoms with Gasteiger partial charge in [0.25, 0.3) is 0 Å². The van der Waals surface area contributed by atoms with Crippen molar-refractivity contribution < 1.29 is 33.0 Å². The minimum Gasteiger partial charge on any atom is -0.478 e. The molecule has 3 aromatic carbocycles. The van der Waals surface area contributed by atoms with Crippen LogP contribution in [0.25, 0.3) is 22.0 Å². The smallest absolute Gasteiger partial charge is 0.399 e. The molecule has 0 aliphatic heterocycles. The van der Waals surface area contributed by atoms with Crippen molar-refractivity contribution in [3.63, 3.8) is 0 Å². The number of rotatable bonds is 11. The maximum atomic E-state index is 14.1. The molecule has 0 fully saturated rings. The van der Waals surface area contributed by atoms with Crippen LogP contribution in [0.5, 0.6) is 0 Å². The lowest BCUT2D eigenvalue weighted by atomic mass is 9.94. The fourth-order valence-electron chi connectivity index (χ4n) is 4.81. The Kier molecular flexibility index (Phi) is 9.95. The lowest BCUT2D eigenvalue weighted by Crippen LogP contribution is -2.14. The number of carboxylic acids is 1. The molecule has 1 unspecified atom stereocenters. The van der Waals surface area contributed by atoms with Gasteiger partial charge in [-0.3, -0.25) is 9.55 Å². The standard InChI is InChI=1S/C31H31BrF2NO5PS/c1-18(2)12-19(3)28-11-9-23-14-24(15-25(30(36)37)29(23)35-28)22-7-4-20(5-8-22)16-42-17-21-6-10-26(27(32)13-21)31(33,34)41(38,39)40/h4-11,13-15,18-19H,12,16-17H2,1-3H3,(H,36,37)(H2,38,39,40). The molecule has 0 aliphatic rings. The molecule has 1 aromatic heterocycles. The fraction of sp³-hybridized carbons (Fsp3) is 0.290. The number of carboxylic acid groups (broad SMARTS) is 1. The first-order valence-corrected chi connectivity index (χ1v) is 16.8. The van der Waals surface area contributed by atoms with E-state index >= 15 is 0 Å². The number of aromatic nitrogens is 1. The van der Waals surface area contributed by atoms with Crippen molar-refractivity contribution in [3.05, 3.63) is 99.2 Å². The number of alkyl halides is 2. The quantitative estimate of drug-likeness (QED) is 0.136. The monoisotopic (exact) mass is 677 g/mol. The van der Waals surface area contributed by atoms with Gasteiger partial charge in [-0.25, -0.2) is 4.79 Å². The second kappa shape index (κ2) is 12.9. The largest absolute Gasteiger partial charge is 0.478 e. The molecule has 0 spiro atoms. The Hall–Kier alpha value is -2.62. The van der Waals surface area contributed by atoms with Gasteiger partial charge in [0, 0.05) is 32.6 Å². The highest BCUT2D eigenvalue weighted by atomic mass is 79.9. The zero-order chi connectivity index (χ0) is 30.8. The molecule has 0 saturated carbocycles. The maximum Gasteiger partial charge on any atom is 0.399 e. The predicted octanol–water partition coefficient (Wildman–Crippen LogP) is 9.17. The van der Waals surface area contributed by atoms with E-state index in [1.54, 1.807) is 17.8 Å². The molecule has 6 nitrogen and oxygen atoms in total. The normalized spacial score (nSPS) is 13.1. The van der Waals surface area contributed by atoms with Gasteiger partial charge < -0.3 is 14.9 Å². The summed E-state index contributed by atoms with van der Waals surface area (Å²) in [5, 5.41) is 10.7. The van der Waals surface area contributed by atoms with E-state index in [0.29, 0.717) is 22.9 Å². The fourth-order valence-corrected chi connectivity index (χ4v) is 7.09. The van der Waals surface area contributed by atoms with Crippen LogP contribution < -0.4 is 0 Å². The summed E-state index contributed by atoms with van der Waals surface area (Å²) in [5.41, 5.74) is -0.0990. The Morgan fingerprint density at radius 2 is 1.60 bits per heavy atom. The van der Waals surface area contributed by atoms with Gasteiger partial charge in [0.15, 0.2) is 0 Å². The Bertz CT molecular complexity index is 1660. The van der Waals surface area contributed by atoms with Crippen LogP contribution in [0.1, 0.15) is 65.9 Å². The van der Waals surface area contributed by atoms with Crippen LogP contribution in [0.15, 0.2) is 71.2 Å². The van der Waals surface area contributed by atoms with E-state index in [1.807, 2.05) is 42.5 Å². The van der Waals surface area contributed by atoms with Crippen LogP contribution in [0.3, 0.4) is 0 Å². The molecule has 4 rings (SSSR count). The van der Waals surface area contributed by atoms with Crippen LogP contribution in [-0.4, -0.2) is 25.8 Å². The van der Waals surface area contributed by atoms with Gasteiger partial charge in [0.1, 0.15) is 0 Å². The molecule has 222 valence electrons. The van der Waals surface area contributed by atoms with Crippen LogP contribution >= 0.6 is 35.3 Å². The maximum absolute atomic E-state index is 14.1. The van der Waals surface area contributed by atoms with Crippen molar-refractivity contribution >= 4 is 52.2 Å². The Balaban J connectivity index is 1.47. The van der Waals surface area contributed by atoms with Crippen LogP contribution in [0, 0.1) is 5.92 Å². The molecular formula is C31H31BrF2NO5PS. The Morgan fingerprint density at radius 1 is 0.952 bits per heavy atom. The highest BCUT2D eigenvalue weighted by molar-refractivity contribution is 9.10. The second-order valence-corrected chi connectivity index (χ2v) is 14.2. The van der Waals surface area contributed by atoms with E-state index in [2.05, 4.69) is 36.7 Å². The summed E-state index contributed by atoms with van der Waals surface area (Å²) in [5.74, 6) is 0.838. The molecule has 0 radical (unpaired) electrons. The minimum absolute atomic E-state index is 0.0640. The first-order valence-electron chi connectivity index (χ1n) is 13.2. The molecule has 0 bridgehead atoms. The summed E-state index contributed by atoms with van der Waals surface area (Å²) in [4.78, 5) is 34.9. The highest BCUT2D eigenvalue weighted by Gasteiger charge is 2.51. The van der Waals surface area contributed by atoms with E-state index in [9.17, 15) is 23.2 Å². The van der Waals surface area contributed by atoms with Crippen LogP contribution in [-0.2, 0) is 21.7 Å². The third-order valence-electron chi connectivity index (χ3n) is 6.92. The second-order valence-electron chi connectivity index (χ2n) is 10.8. The number of pyridine rings is 1. The Labute approximate surface area is 255 Å². The number of benzene rings is 3. The van der Waals surface area contributed by atoms with Crippen LogP contribution in [0.4, 0.5) is 8.78 Å². The SMILES string of the molecule is CC(C)CC(C)c1ccc2cc(-c3ccc(CSCc4ccc(C(F)(F)P(=O)(O)O)c(Br)c4)cc3)cc(C(=O)O)c2n1. The molecular weight excluding hydrogens is 647 g/mol. The zero-order valence-corrected chi connectivity index (χ0v) is 26.5. The van der Waals surface area contributed by atoms with Crippen molar-refractivity contribution in [2.24, 2.45) is 5.92 Å². The van der Waals surface area contributed by atoms with Crippen molar-refractivity contribution in [1.29, 1.82) is 0 Å². The number of hydrogen-bond donors (Lipinski definition) is 3. The predicted molar refractivity (Wildman–Crippen MR) is 167 cm³/mol. The van der Waals surface area contributed by atoms with Gasteiger partial charge in [0.05, 0.1) is 11.1 Å². The summed E-state index contributed by atoms with van der Waals surface area (Å²) < 4.78 is 39.3. The third-order valence-corrected chi connectivity index (χ3v) is 9.63. The van der Waals surface area contributed by atoms with E-state index in [1.165, 1.54) is 12.1 Å². The number of carbonyl (C=O) groups is 1. The average molecular weight is 679 g/mol. The summed E-state index contributed by atoms with van der Waals surface area (Å²) >= 11 is 4.57. The van der Waals surface area contributed by atoms with Crippen molar-refractivity contribution in [3.8, 4) is 11.1 Å². The van der Waals surface area contributed by atoms with Gasteiger partial charge in [-0.15, -0.1) is 0 Å². The summed E-state index contributed by atoms with van der Waals surface area (Å²) in [7, 11) is -5.65. The van der Waals surface area contributed by atoms with Crippen molar-refractivity contribution in [2.75, 3.05) is 0 Å². The van der Waals surface area contributed by atoms with Gasteiger partial charge in [-0.2, -0.15) is 20.5 Å². The van der Waals surface area contributed by atoms with E-state index in [-0.39, 0.29) is 16.0 Å². The van der Waals surface area contributed by atoms with E-state index < -0.39 is 24.8 Å². The number of halogens is 3. The minimum atomic E-state index is -5.65. The molecule has 0 aliphatic carbocycles. The topological polar surface area (TPSA) is 108 Å².